The van der Waals surface area contributed by atoms with Gasteiger partial charge in [0.05, 0.1) is 11.6 Å². The molecule has 0 saturated carbocycles. The van der Waals surface area contributed by atoms with E-state index in [9.17, 15) is 4.79 Å². The third kappa shape index (κ3) is 5.25. The number of nitrogens with zero attached hydrogens (tertiary/aromatic N) is 2. The maximum Gasteiger partial charge on any atom is 0.262 e. The summed E-state index contributed by atoms with van der Waals surface area (Å²) in [6.45, 7) is 7.24. The fraction of sp³-hybridized carbons (Fsp3) is 0.300. The van der Waals surface area contributed by atoms with Gasteiger partial charge in [-0.05, 0) is 63.2 Å². The molecular formula is C20H23N3O2. The van der Waals surface area contributed by atoms with E-state index in [1.54, 1.807) is 24.3 Å². The van der Waals surface area contributed by atoms with Gasteiger partial charge < -0.3 is 15.0 Å². The van der Waals surface area contributed by atoms with Gasteiger partial charge in [-0.15, -0.1) is 0 Å². The lowest BCUT2D eigenvalue weighted by Gasteiger charge is -2.27. The van der Waals surface area contributed by atoms with Crippen LogP contribution < -0.4 is 15.0 Å². The fourth-order valence-corrected chi connectivity index (χ4v) is 2.58. The van der Waals surface area contributed by atoms with Crippen LogP contribution in [0.4, 0.5) is 11.4 Å². The number of benzene rings is 2. The molecule has 0 atom stereocenters. The number of hydrogen-bond donors (Lipinski definition) is 1. The first-order valence-corrected chi connectivity index (χ1v) is 8.33. The lowest BCUT2D eigenvalue weighted by molar-refractivity contribution is -0.118. The van der Waals surface area contributed by atoms with E-state index < -0.39 is 0 Å². The zero-order chi connectivity index (χ0) is 18.2. The molecule has 1 amide bonds. The van der Waals surface area contributed by atoms with Gasteiger partial charge in [0.15, 0.2) is 6.61 Å². The van der Waals surface area contributed by atoms with E-state index in [4.69, 9.17) is 10.00 Å². The minimum atomic E-state index is -0.244. The van der Waals surface area contributed by atoms with Crippen molar-refractivity contribution >= 4 is 17.3 Å². The van der Waals surface area contributed by atoms with E-state index >= 15 is 0 Å². The predicted octanol–water partition coefficient (Wildman–Crippen LogP) is 3.81. The predicted molar refractivity (Wildman–Crippen MR) is 99.9 cm³/mol. The second-order valence-electron chi connectivity index (χ2n) is 5.90. The molecule has 0 aromatic heterocycles. The highest BCUT2D eigenvalue weighted by Crippen LogP contribution is 2.20. The Hall–Kier alpha value is -3.00. The molecule has 0 aliphatic rings. The number of carbonyl (C=O) groups excluding carboxylic acids is 1. The molecule has 5 nitrogen and oxygen atoms in total. The first kappa shape index (κ1) is 18.3. The van der Waals surface area contributed by atoms with Crippen molar-refractivity contribution < 1.29 is 9.53 Å². The molecule has 0 fully saturated rings. The van der Waals surface area contributed by atoms with E-state index in [1.165, 1.54) is 0 Å². The Morgan fingerprint density at radius 2 is 1.96 bits per heavy atom. The molecule has 0 spiro atoms. The highest BCUT2D eigenvalue weighted by molar-refractivity contribution is 5.92. The van der Waals surface area contributed by atoms with Gasteiger partial charge in [-0.25, -0.2) is 0 Å². The average molecular weight is 337 g/mol. The van der Waals surface area contributed by atoms with Crippen LogP contribution in [0.3, 0.4) is 0 Å². The molecule has 2 aromatic rings. The van der Waals surface area contributed by atoms with E-state index in [0.717, 1.165) is 17.9 Å². The minimum Gasteiger partial charge on any atom is -0.484 e. The molecule has 130 valence electrons. The standard InChI is InChI=1S/C20H23N3O2/c1-4-23(15(2)3)18-10-8-17(9-11-18)22-20(24)14-25-19-7-5-6-16(12-19)13-21/h5-12,15H,4,14H2,1-3H3,(H,22,24). The van der Waals surface area contributed by atoms with Gasteiger partial charge >= 0.3 is 0 Å². The quantitative estimate of drug-likeness (QED) is 0.834. The third-order valence-corrected chi connectivity index (χ3v) is 3.78. The van der Waals surface area contributed by atoms with Crippen LogP contribution in [0.5, 0.6) is 5.75 Å². The van der Waals surface area contributed by atoms with Crippen molar-refractivity contribution in [2.24, 2.45) is 0 Å². The van der Waals surface area contributed by atoms with Crippen molar-refractivity contribution in [1.82, 2.24) is 0 Å². The summed E-state index contributed by atoms with van der Waals surface area (Å²) < 4.78 is 5.42. The first-order chi connectivity index (χ1) is 12.0. The van der Waals surface area contributed by atoms with Crippen LogP contribution in [0.1, 0.15) is 26.3 Å². The van der Waals surface area contributed by atoms with Crippen molar-refractivity contribution in [3.05, 3.63) is 54.1 Å². The van der Waals surface area contributed by atoms with E-state index in [0.29, 0.717) is 17.4 Å². The first-order valence-electron chi connectivity index (χ1n) is 8.33. The number of rotatable bonds is 7. The van der Waals surface area contributed by atoms with Crippen LogP contribution in [0.25, 0.3) is 0 Å². The Balaban J connectivity index is 1.91. The summed E-state index contributed by atoms with van der Waals surface area (Å²) in [5, 5.41) is 11.7. The van der Waals surface area contributed by atoms with Gasteiger partial charge in [0, 0.05) is 24.0 Å². The molecule has 0 unspecified atom stereocenters. The SMILES string of the molecule is CCN(c1ccc(NC(=O)COc2cccc(C#N)c2)cc1)C(C)C. The lowest BCUT2D eigenvalue weighted by atomic mass is 10.2. The molecule has 0 aliphatic carbocycles. The van der Waals surface area contributed by atoms with Gasteiger partial charge in [-0.1, -0.05) is 6.07 Å². The van der Waals surface area contributed by atoms with Crippen molar-refractivity contribution in [3.63, 3.8) is 0 Å². The van der Waals surface area contributed by atoms with Gasteiger partial charge in [-0.2, -0.15) is 5.26 Å². The molecule has 1 N–H and O–H groups in total. The summed E-state index contributed by atoms with van der Waals surface area (Å²) in [6, 6.07) is 16.9. The number of nitriles is 1. The number of ether oxygens (including phenoxy) is 1. The Bertz CT molecular complexity index is 748. The average Bonchev–Trinajstić information content (AvgIpc) is 2.62. The monoisotopic (exact) mass is 337 g/mol. The van der Waals surface area contributed by atoms with Crippen molar-refractivity contribution in [3.8, 4) is 11.8 Å². The van der Waals surface area contributed by atoms with Crippen molar-refractivity contribution in [1.29, 1.82) is 5.26 Å². The molecule has 25 heavy (non-hydrogen) atoms. The smallest absolute Gasteiger partial charge is 0.262 e. The number of nitrogens with one attached hydrogen (secondary N) is 1. The Morgan fingerprint density at radius 3 is 2.56 bits per heavy atom. The molecule has 2 rings (SSSR count). The summed E-state index contributed by atoms with van der Waals surface area (Å²) in [6.07, 6.45) is 0. The normalized spacial score (nSPS) is 10.2. The van der Waals surface area contributed by atoms with Crippen LogP contribution in [0.2, 0.25) is 0 Å². The molecular weight excluding hydrogens is 314 g/mol. The van der Waals surface area contributed by atoms with E-state index in [-0.39, 0.29) is 12.5 Å². The summed E-state index contributed by atoms with van der Waals surface area (Å²) in [4.78, 5) is 14.3. The molecule has 2 aromatic carbocycles. The maximum atomic E-state index is 12.0. The number of amides is 1. The molecule has 0 aliphatic heterocycles. The topological polar surface area (TPSA) is 65.4 Å². The zero-order valence-electron chi connectivity index (χ0n) is 14.8. The number of anilines is 2. The molecule has 0 bridgehead atoms. The van der Waals surface area contributed by atoms with Crippen LogP contribution >= 0.6 is 0 Å². The van der Waals surface area contributed by atoms with Crippen LogP contribution in [-0.2, 0) is 4.79 Å². The number of hydrogen-bond acceptors (Lipinski definition) is 4. The summed E-state index contributed by atoms with van der Waals surface area (Å²) in [5.41, 5.74) is 2.35. The Kier molecular flexibility index (Phi) is 6.41. The highest BCUT2D eigenvalue weighted by atomic mass is 16.5. The van der Waals surface area contributed by atoms with Crippen LogP contribution in [-0.4, -0.2) is 25.1 Å². The molecule has 0 radical (unpaired) electrons. The number of carbonyl (C=O) groups is 1. The molecule has 5 heteroatoms. The fourth-order valence-electron chi connectivity index (χ4n) is 2.58. The second kappa shape index (κ2) is 8.74. The summed E-state index contributed by atoms with van der Waals surface area (Å²) >= 11 is 0. The molecule has 0 heterocycles. The van der Waals surface area contributed by atoms with Crippen molar-refractivity contribution in [2.45, 2.75) is 26.8 Å². The van der Waals surface area contributed by atoms with Gasteiger partial charge in [0.2, 0.25) is 0 Å². The second-order valence-corrected chi connectivity index (χ2v) is 5.90. The Labute approximate surface area is 148 Å². The summed E-state index contributed by atoms with van der Waals surface area (Å²) in [5.74, 6) is 0.256. The largest absolute Gasteiger partial charge is 0.484 e. The van der Waals surface area contributed by atoms with E-state index in [2.05, 4.69) is 31.0 Å². The minimum absolute atomic E-state index is 0.107. The van der Waals surface area contributed by atoms with Gasteiger partial charge in [-0.3, -0.25) is 4.79 Å². The molecule has 0 saturated heterocycles. The van der Waals surface area contributed by atoms with Crippen LogP contribution in [0.15, 0.2) is 48.5 Å². The third-order valence-electron chi connectivity index (χ3n) is 3.78. The van der Waals surface area contributed by atoms with E-state index in [1.807, 2.05) is 30.3 Å². The van der Waals surface area contributed by atoms with Crippen molar-refractivity contribution in [2.75, 3.05) is 23.4 Å². The summed E-state index contributed by atoms with van der Waals surface area (Å²) in [7, 11) is 0. The van der Waals surface area contributed by atoms with Gasteiger partial charge in [0.1, 0.15) is 5.75 Å². The zero-order valence-corrected chi connectivity index (χ0v) is 14.8. The maximum absolute atomic E-state index is 12.0. The highest BCUT2D eigenvalue weighted by Gasteiger charge is 2.09. The van der Waals surface area contributed by atoms with Crippen LogP contribution in [0, 0.1) is 11.3 Å². The Morgan fingerprint density at radius 1 is 1.24 bits per heavy atom. The van der Waals surface area contributed by atoms with Gasteiger partial charge in [0.25, 0.3) is 5.91 Å². The lowest BCUT2D eigenvalue weighted by Crippen LogP contribution is -2.30.